The summed E-state index contributed by atoms with van der Waals surface area (Å²) in [5.74, 6) is 0. The van der Waals surface area contributed by atoms with E-state index < -0.39 is 4.92 Å². The Kier molecular flexibility index (Phi) is 4.34. The van der Waals surface area contributed by atoms with Gasteiger partial charge < -0.3 is 9.80 Å². The first-order chi connectivity index (χ1) is 9.52. The van der Waals surface area contributed by atoms with E-state index in [1.165, 1.54) is 6.07 Å². The fraction of sp³-hybridized carbons (Fsp3) is 0.500. The molecule has 6 nitrogen and oxygen atoms in total. The Morgan fingerprint density at radius 1 is 1.40 bits per heavy atom. The molecule has 1 fully saturated rings. The molecule has 1 atom stereocenters. The highest BCUT2D eigenvalue weighted by Crippen LogP contribution is 2.26. The molecule has 108 valence electrons. The molecule has 0 aliphatic carbocycles. The molecule has 0 saturated carbocycles. The van der Waals surface area contributed by atoms with Crippen molar-refractivity contribution in [3.05, 3.63) is 33.9 Å². The minimum atomic E-state index is -0.521. The summed E-state index contributed by atoms with van der Waals surface area (Å²) in [6.45, 7) is 4.99. The largest absolute Gasteiger partial charge is 0.367 e. The topological polar surface area (TPSA) is 66.7 Å². The average molecular weight is 277 g/mol. The number of aldehydes is 1. The van der Waals surface area contributed by atoms with E-state index in [0.717, 1.165) is 31.7 Å². The quantitative estimate of drug-likeness (QED) is 0.480. The molecule has 0 radical (unpaired) electrons. The second-order valence-electron chi connectivity index (χ2n) is 5.28. The monoisotopic (exact) mass is 277 g/mol. The summed E-state index contributed by atoms with van der Waals surface area (Å²) in [6, 6.07) is 5.07. The molecule has 1 aromatic rings. The number of likely N-dealkylation sites (N-methyl/N-ethyl adjacent to an activating group) is 1. The molecule has 1 unspecified atom stereocenters. The maximum absolute atomic E-state index is 11.0. The number of carbonyl (C=O) groups excluding carboxylic acids is 1. The molecule has 0 aromatic heterocycles. The molecule has 0 spiro atoms. The lowest BCUT2D eigenvalue weighted by molar-refractivity contribution is -0.385. The highest BCUT2D eigenvalue weighted by atomic mass is 16.6. The Hall–Kier alpha value is -1.95. The number of carbonyl (C=O) groups is 1. The van der Waals surface area contributed by atoms with Crippen molar-refractivity contribution in [2.24, 2.45) is 0 Å². The standard InChI is InChI=1S/C14H19N3O3/c1-11-9-15(2)6-3-7-16(11)13-4-5-14(17(19)20)12(8-13)10-18/h4-5,8,10-11H,3,6-7,9H2,1-2H3. The molecule has 1 aromatic carbocycles. The van der Waals surface area contributed by atoms with E-state index in [1.54, 1.807) is 12.1 Å². The fourth-order valence-corrected chi connectivity index (χ4v) is 2.74. The third-order valence-corrected chi connectivity index (χ3v) is 3.71. The van der Waals surface area contributed by atoms with Gasteiger partial charge in [0.2, 0.25) is 0 Å². The number of benzene rings is 1. The van der Waals surface area contributed by atoms with Gasteiger partial charge in [0.15, 0.2) is 6.29 Å². The van der Waals surface area contributed by atoms with Crippen LogP contribution in [0.4, 0.5) is 11.4 Å². The van der Waals surface area contributed by atoms with Crippen molar-refractivity contribution in [1.82, 2.24) is 4.90 Å². The van der Waals surface area contributed by atoms with Crippen LogP contribution in [0.2, 0.25) is 0 Å². The summed E-state index contributed by atoms with van der Waals surface area (Å²) in [6.07, 6.45) is 1.59. The van der Waals surface area contributed by atoms with Gasteiger partial charge in [-0.2, -0.15) is 0 Å². The van der Waals surface area contributed by atoms with Gasteiger partial charge in [-0.1, -0.05) is 0 Å². The predicted octanol–water partition coefficient (Wildman–Crippen LogP) is 1.94. The third kappa shape index (κ3) is 2.96. The van der Waals surface area contributed by atoms with Crippen LogP contribution in [-0.4, -0.2) is 48.8 Å². The molecule has 0 bridgehead atoms. The van der Waals surface area contributed by atoms with Gasteiger partial charge in [-0.3, -0.25) is 14.9 Å². The van der Waals surface area contributed by atoms with E-state index in [1.807, 2.05) is 0 Å². The number of anilines is 1. The maximum Gasteiger partial charge on any atom is 0.280 e. The molecule has 0 amide bonds. The molecule has 2 rings (SSSR count). The zero-order valence-electron chi connectivity index (χ0n) is 11.8. The van der Waals surface area contributed by atoms with Crippen LogP contribution in [-0.2, 0) is 0 Å². The SMILES string of the molecule is CC1CN(C)CCCN1c1ccc([N+](=O)[O-])c(C=O)c1. The summed E-state index contributed by atoms with van der Waals surface area (Å²) in [5.41, 5.74) is 0.876. The van der Waals surface area contributed by atoms with Crippen molar-refractivity contribution in [1.29, 1.82) is 0 Å². The maximum atomic E-state index is 11.0. The first kappa shape index (κ1) is 14.5. The number of nitrogens with zero attached hydrogens (tertiary/aromatic N) is 3. The predicted molar refractivity (Wildman–Crippen MR) is 77.4 cm³/mol. The molecule has 6 heteroatoms. The second kappa shape index (κ2) is 6.00. The highest BCUT2D eigenvalue weighted by molar-refractivity contribution is 5.83. The van der Waals surface area contributed by atoms with Crippen molar-refractivity contribution < 1.29 is 9.72 Å². The van der Waals surface area contributed by atoms with Crippen LogP contribution >= 0.6 is 0 Å². The molecule has 1 saturated heterocycles. The number of hydrogen-bond donors (Lipinski definition) is 0. The van der Waals surface area contributed by atoms with Crippen molar-refractivity contribution >= 4 is 17.7 Å². The average Bonchev–Trinajstić information content (AvgIpc) is 2.58. The van der Waals surface area contributed by atoms with Gasteiger partial charge in [0.05, 0.1) is 10.5 Å². The molecular formula is C14H19N3O3. The number of rotatable bonds is 3. The molecule has 1 aliphatic rings. The van der Waals surface area contributed by atoms with Crippen LogP contribution < -0.4 is 4.90 Å². The lowest BCUT2D eigenvalue weighted by Crippen LogP contribution is -2.37. The zero-order chi connectivity index (χ0) is 14.7. The summed E-state index contributed by atoms with van der Waals surface area (Å²) < 4.78 is 0. The van der Waals surface area contributed by atoms with Crippen LogP contribution in [0.5, 0.6) is 0 Å². The Labute approximate surface area is 118 Å². The Morgan fingerprint density at radius 2 is 2.15 bits per heavy atom. The summed E-state index contributed by atoms with van der Waals surface area (Å²) in [5, 5.41) is 10.9. The van der Waals surface area contributed by atoms with E-state index in [4.69, 9.17) is 0 Å². The van der Waals surface area contributed by atoms with E-state index in [-0.39, 0.29) is 11.3 Å². The van der Waals surface area contributed by atoms with Crippen molar-refractivity contribution in [3.8, 4) is 0 Å². The van der Waals surface area contributed by atoms with E-state index in [9.17, 15) is 14.9 Å². The lowest BCUT2D eigenvalue weighted by atomic mass is 10.1. The fourth-order valence-electron chi connectivity index (χ4n) is 2.74. The minimum absolute atomic E-state index is 0.136. The Bertz CT molecular complexity index is 518. The zero-order valence-corrected chi connectivity index (χ0v) is 11.8. The summed E-state index contributed by atoms with van der Waals surface area (Å²) >= 11 is 0. The van der Waals surface area contributed by atoms with E-state index in [0.29, 0.717) is 12.3 Å². The van der Waals surface area contributed by atoms with Crippen molar-refractivity contribution in [2.45, 2.75) is 19.4 Å². The number of nitro benzene ring substituents is 1. The van der Waals surface area contributed by atoms with Gasteiger partial charge in [-0.15, -0.1) is 0 Å². The first-order valence-corrected chi connectivity index (χ1v) is 6.71. The van der Waals surface area contributed by atoms with Gasteiger partial charge in [0.25, 0.3) is 5.69 Å². The van der Waals surface area contributed by atoms with Crippen molar-refractivity contribution in [2.75, 3.05) is 31.6 Å². The molecule has 1 heterocycles. The smallest absolute Gasteiger partial charge is 0.280 e. The molecule has 20 heavy (non-hydrogen) atoms. The third-order valence-electron chi connectivity index (χ3n) is 3.71. The normalized spacial score (nSPS) is 20.5. The summed E-state index contributed by atoms with van der Waals surface area (Å²) in [4.78, 5) is 25.9. The number of nitro groups is 1. The molecule has 0 N–H and O–H groups in total. The van der Waals surface area contributed by atoms with E-state index in [2.05, 4.69) is 23.8 Å². The van der Waals surface area contributed by atoms with Gasteiger partial charge in [0, 0.05) is 30.9 Å². The summed E-state index contributed by atoms with van der Waals surface area (Å²) in [7, 11) is 2.09. The van der Waals surface area contributed by atoms with Gasteiger partial charge >= 0.3 is 0 Å². The van der Waals surface area contributed by atoms with Crippen LogP contribution in [0, 0.1) is 10.1 Å². The van der Waals surface area contributed by atoms with Crippen LogP contribution in [0.25, 0.3) is 0 Å². The van der Waals surface area contributed by atoms with Crippen LogP contribution in [0.3, 0.4) is 0 Å². The van der Waals surface area contributed by atoms with Crippen LogP contribution in [0.15, 0.2) is 18.2 Å². The van der Waals surface area contributed by atoms with Crippen molar-refractivity contribution in [3.63, 3.8) is 0 Å². The number of hydrogen-bond acceptors (Lipinski definition) is 5. The minimum Gasteiger partial charge on any atom is -0.367 e. The van der Waals surface area contributed by atoms with Gasteiger partial charge in [0.1, 0.15) is 0 Å². The highest BCUT2D eigenvalue weighted by Gasteiger charge is 2.22. The first-order valence-electron chi connectivity index (χ1n) is 6.71. The Balaban J connectivity index is 2.32. The molecule has 1 aliphatic heterocycles. The van der Waals surface area contributed by atoms with Gasteiger partial charge in [-0.05, 0) is 39.1 Å². The molecular weight excluding hydrogens is 258 g/mol. The second-order valence-corrected chi connectivity index (χ2v) is 5.28. The lowest BCUT2D eigenvalue weighted by Gasteiger charge is -2.30. The van der Waals surface area contributed by atoms with Crippen LogP contribution in [0.1, 0.15) is 23.7 Å². The Morgan fingerprint density at radius 3 is 2.80 bits per heavy atom. The van der Waals surface area contributed by atoms with Gasteiger partial charge in [-0.25, -0.2) is 0 Å². The van der Waals surface area contributed by atoms with E-state index >= 15 is 0 Å².